The number of benzene rings is 4. The number of phenols is 3. The van der Waals surface area contributed by atoms with Crippen LogP contribution in [0.25, 0.3) is 0 Å². The van der Waals surface area contributed by atoms with E-state index in [0.29, 0.717) is 36.5 Å². The van der Waals surface area contributed by atoms with Crippen molar-refractivity contribution in [2.24, 2.45) is 0 Å². The minimum atomic E-state index is 0.349. The first-order valence-corrected chi connectivity index (χ1v) is 13.8. The predicted octanol–water partition coefficient (Wildman–Crippen LogP) is 8.35. The lowest BCUT2D eigenvalue weighted by Crippen LogP contribution is -2.10. The van der Waals surface area contributed by atoms with Gasteiger partial charge in [-0.1, -0.05) is 53.1 Å². The molecule has 4 aromatic rings. The quantitative estimate of drug-likeness (QED) is 0.238. The third kappa shape index (κ3) is 5.54. The number of phenolic OH excluding ortho intramolecular Hbond substituents is 3. The zero-order chi connectivity index (χ0) is 28.8. The van der Waals surface area contributed by atoms with E-state index in [1.807, 2.05) is 39.0 Å². The molecule has 0 saturated carbocycles. The zero-order valence-corrected chi connectivity index (χ0v) is 24.9. The first-order valence-electron chi connectivity index (χ1n) is 13.8. The van der Waals surface area contributed by atoms with Crippen LogP contribution in [0.15, 0.2) is 36.4 Å². The Morgan fingerprint density at radius 3 is 0.846 bits per heavy atom. The third-order valence-electron chi connectivity index (χ3n) is 8.39. The van der Waals surface area contributed by atoms with Crippen LogP contribution in [0.3, 0.4) is 0 Å². The van der Waals surface area contributed by atoms with E-state index in [1.165, 1.54) is 33.4 Å². The highest BCUT2D eigenvalue weighted by atomic mass is 16.3. The largest absolute Gasteiger partial charge is 0.507 e. The molecule has 204 valence electrons. The molecule has 3 N–H and O–H groups in total. The van der Waals surface area contributed by atoms with Crippen LogP contribution in [0, 0.1) is 62.3 Å². The average Bonchev–Trinajstić information content (AvgIpc) is 2.85. The number of rotatable bonds is 6. The minimum Gasteiger partial charge on any atom is -0.507 e. The maximum absolute atomic E-state index is 11.0. The molecule has 0 saturated heterocycles. The van der Waals surface area contributed by atoms with Gasteiger partial charge in [-0.15, -0.1) is 0 Å². The van der Waals surface area contributed by atoms with Crippen molar-refractivity contribution in [3.63, 3.8) is 0 Å². The molecule has 4 aromatic carbocycles. The SMILES string of the molecule is Cc1cc(C)c(O)c(Cc2c(C)c(Cc3cc(C)cc(C)c3O)c(C)c(Cc3cc(C)cc(C)c3O)c2C)c1. The van der Waals surface area contributed by atoms with Crippen molar-refractivity contribution in [1.82, 2.24) is 0 Å². The van der Waals surface area contributed by atoms with E-state index in [1.54, 1.807) is 0 Å². The van der Waals surface area contributed by atoms with Gasteiger partial charge in [-0.05, 0) is 129 Å². The second-order valence-electron chi connectivity index (χ2n) is 11.6. The smallest absolute Gasteiger partial charge is 0.122 e. The monoisotopic (exact) mass is 522 g/mol. The van der Waals surface area contributed by atoms with Crippen LogP contribution >= 0.6 is 0 Å². The second kappa shape index (κ2) is 10.8. The summed E-state index contributed by atoms with van der Waals surface area (Å²) in [6.45, 7) is 18.5. The fraction of sp³-hybridized carbons (Fsp3) is 0.333. The lowest BCUT2D eigenvalue weighted by Gasteiger charge is -2.24. The van der Waals surface area contributed by atoms with Gasteiger partial charge in [-0.3, -0.25) is 0 Å². The van der Waals surface area contributed by atoms with Gasteiger partial charge >= 0.3 is 0 Å². The van der Waals surface area contributed by atoms with Gasteiger partial charge in [0.25, 0.3) is 0 Å². The summed E-state index contributed by atoms with van der Waals surface area (Å²) in [5.74, 6) is 1.05. The highest BCUT2D eigenvalue weighted by Gasteiger charge is 2.21. The second-order valence-corrected chi connectivity index (χ2v) is 11.6. The maximum Gasteiger partial charge on any atom is 0.122 e. The molecular formula is C36H42O3. The Hall–Kier alpha value is -3.72. The van der Waals surface area contributed by atoms with E-state index >= 15 is 0 Å². The van der Waals surface area contributed by atoms with Crippen molar-refractivity contribution >= 4 is 0 Å². The fourth-order valence-electron chi connectivity index (χ4n) is 6.31. The highest BCUT2D eigenvalue weighted by Crippen LogP contribution is 2.37. The third-order valence-corrected chi connectivity index (χ3v) is 8.39. The summed E-state index contributed by atoms with van der Waals surface area (Å²) in [6, 6.07) is 12.3. The first kappa shape index (κ1) is 28.3. The highest BCUT2D eigenvalue weighted by molar-refractivity contribution is 5.58. The number of aryl methyl sites for hydroxylation is 6. The zero-order valence-electron chi connectivity index (χ0n) is 24.9. The lowest BCUT2D eigenvalue weighted by molar-refractivity contribution is 0.465. The van der Waals surface area contributed by atoms with Crippen molar-refractivity contribution < 1.29 is 15.3 Å². The van der Waals surface area contributed by atoms with Crippen LogP contribution in [-0.4, -0.2) is 15.3 Å². The molecule has 0 spiro atoms. The standard InChI is InChI=1S/C36H42O3/c1-19-10-22(4)34(37)28(13-19)16-31-25(7)32(17-29-14-20(2)11-23(5)35(29)38)27(9)33(26(31)8)18-30-15-21(3)12-24(6)36(30)39/h10-15,37-39H,16-18H2,1-9H3. The van der Waals surface area contributed by atoms with Crippen LogP contribution in [0.1, 0.15) is 83.5 Å². The van der Waals surface area contributed by atoms with Crippen LogP contribution in [0.2, 0.25) is 0 Å². The summed E-state index contributed by atoms with van der Waals surface area (Å²) < 4.78 is 0. The fourth-order valence-corrected chi connectivity index (χ4v) is 6.31. The Labute approximate surface area is 233 Å². The molecule has 0 bridgehead atoms. The van der Waals surface area contributed by atoms with E-state index in [2.05, 4.69) is 59.7 Å². The lowest BCUT2D eigenvalue weighted by atomic mass is 9.81. The summed E-state index contributed by atoms with van der Waals surface area (Å²) >= 11 is 0. The van der Waals surface area contributed by atoms with E-state index in [0.717, 1.165) is 50.1 Å². The van der Waals surface area contributed by atoms with Crippen LogP contribution in [0.5, 0.6) is 17.2 Å². The Bertz CT molecular complexity index is 1380. The molecule has 3 heteroatoms. The van der Waals surface area contributed by atoms with Gasteiger partial charge in [0.15, 0.2) is 0 Å². The van der Waals surface area contributed by atoms with Gasteiger partial charge in [0.05, 0.1) is 0 Å². The minimum absolute atomic E-state index is 0.349. The molecule has 0 fully saturated rings. The van der Waals surface area contributed by atoms with Crippen molar-refractivity contribution in [2.45, 2.75) is 81.6 Å². The first-order chi connectivity index (χ1) is 18.3. The van der Waals surface area contributed by atoms with Crippen molar-refractivity contribution in [3.8, 4) is 17.2 Å². The molecule has 3 nitrogen and oxygen atoms in total. The molecule has 0 heterocycles. The number of hydrogen-bond acceptors (Lipinski definition) is 3. The topological polar surface area (TPSA) is 60.7 Å². The summed E-state index contributed by atoms with van der Waals surface area (Å²) in [7, 11) is 0. The van der Waals surface area contributed by atoms with E-state index < -0.39 is 0 Å². The maximum atomic E-state index is 11.0. The molecular weight excluding hydrogens is 480 g/mol. The Balaban J connectivity index is 1.96. The molecule has 0 aromatic heterocycles. The summed E-state index contributed by atoms with van der Waals surface area (Å²) in [4.78, 5) is 0. The molecule has 0 atom stereocenters. The summed E-state index contributed by atoms with van der Waals surface area (Å²) in [6.07, 6.45) is 1.85. The van der Waals surface area contributed by atoms with E-state index in [-0.39, 0.29) is 0 Å². The summed E-state index contributed by atoms with van der Waals surface area (Å²) in [5, 5.41) is 32.9. The Morgan fingerprint density at radius 2 is 0.615 bits per heavy atom. The molecule has 0 amide bonds. The van der Waals surface area contributed by atoms with Crippen LogP contribution in [-0.2, 0) is 19.3 Å². The molecule has 4 rings (SSSR count). The van der Waals surface area contributed by atoms with Crippen LogP contribution in [0.4, 0.5) is 0 Å². The van der Waals surface area contributed by atoms with Gasteiger partial charge < -0.3 is 15.3 Å². The molecule has 0 aliphatic rings. The Kier molecular flexibility index (Phi) is 7.84. The number of hydrogen-bond donors (Lipinski definition) is 3. The normalized spacial score (nSPS) is 11.3. The molecule has 0 radical (unpaired) electrons. The van der Waals surface area contributed by atoms with Crippen molar-refractivity contribution in [2.75, 3.05) is 0 Å². The van der Waals surface area contributed by atoms with E-state index in [9.17, 15) is 15.3 Å². The Morgan fingerprint density at radius 1 is 0.385 bits per heavy atom. The predicted molar refractivity (Wildman–Crippen MR) is 162 cm³/mol. The average molecular weight is 523 g/mol. The van der Waals surface area contributed by atoms with Crippen molar-refractivity contribution in [3.05, 3.63) is 120 Å². The number of aromatic hydroxyl groups is 3. The molecule has 0 aliphatic heterocycles. The van der Waals surface area contributed by atoms with Gasteiger partial charge in [0, 0.05) is 19.3 Å². The van der Waals surface area contributed by atoms with Gasteiger partial charge in [0.1, 0.15) is 17.2 Å². The molecule has 0 unspecified atom stereocenters. The van der Waals surface area contributed by atoms with Gasteiger partial charge in [0.2, 0.25) is 0 Å². The van der Waals surface area contributed by atoms with Crippen molar-refractivity contribution in [1.29, 1.82) is 0 Å². The van der Waals surface area contributed by atoms with E-state index in [4.69, 9.17) is 0 Å². The molecule has 0 aliphatic carbocycles. The molecule has 39 heavy (non-hydrogen) atoms. The van der Waals surface area contributed by atoms with Gasteiger partial charge in [-0.25, -0.2) is 0 Å². The van der Waals surface area contributed by atoms with Crippen LogP contribution < -0.4 is 0 Å². The summed E-state index contributed by atoms with van der Waals surface area (Å²) in [5.41, 5.74) is 15.9. The van der Waals surface area contributed by atoms with Gasteiger partial charge in [-0.2, -0.15) is 0 Å².